The zero-order valence-electron chi connectivity index (χ0n) is 15.2. The number of rotatable bonds is 6. The van der Waals surface area contributed by atoms with Gasteiger partial charge in [-0.2, -0.15) is 0 Å². The van der Waals surface area contributed by atoms with E-state index in [1.807, 2.05) is 53.4 Å². The predicted octanol–water partition coefficient (Wildman–Crippen LogP) is 2.29. The maximum Gasteiger partial charge on any atom is 0.242 e. The number of amides is 1. The van der Waals surface area contributed by atoms with Crippen molar-refractivity contribution in [3.05, 3.63) is 54.1 Å². The predicted molar refractivity (Wildman–Crippen MR) is 102 cm³/mol. The molecule has 1 saturated heterocycles. The van der Waals surface area contributed by atoms with Crippen LogP contribution in [0.1, 0.15) is 11.6 Å². The molecule has 26 heavy (non-hydrogen) atoms. The number of ether oxygens (including phenoxy) is 2. The van der Waals surface area contributed by atoms with Crippen molar-refractivity contribution >= 4 is 11.6 Å². The van der Waals surface area contributed by atoms with Gasteiger partial charge in [0.1, 0.15) is 11.5 Å². The highest BCUT2D eigenvalue weighted by Crippen LogP contribution is 2.30. The average molecular weight is 355 g/mol. The average Bonchev–Trinajstić information content (AvgIpc) is 2.72. The van der Waals surface area contributed by atoms with Crippen molar-refractivity contribution in [2.45, 2.75) is 6.04 Å². The van der Waals surface area contributed by atoms with E-state index in [2.05, 4.69) is 10.6 Å². The fourth-order valence-corrected chi connectivity index (χ4v) is 3.29. The van der Waals surface area contributed by atoms with Crippen LogP contribution in [0.15, 0.2) is 48.5 Å². The fraction of sp³-hybridized carbons (Fsp3) is 0.350. The van der Waals surface area contributed by atoms with E-state index in [0.29, 0.717) is 13.1 Å². The van der Waals surface area contributed by atoms with E-state index in [-0.39, 0.29) is 18.5 Å². The minimum Gasteiger partial charge on any atom is -0.496 e. The highest BCUT2D eigenvalue weighted by molar-refractivity contribution is 5.82. The van der Waals surface area contributed by atoms with Gasteiger partial charge in [0.25, 0.3) is 0 Å². The number of piperazine rings is 1. The highest BCUT2D eigenvalue weighted by atomic mass is 16.5. The van der Waals surface area contributed by atoms with Gasteiger partial charge in [-0.05, 0) is 18.2 Å². The van der Waals surface area contributed by atoms with Gasteiger partial charge in [-0.3, -0.25) is 4.79 Å². The molecule has 1 atom stereocenters. The summed E-state index contributed by atoms with van der Waals surface area (Å²) < 4.78 is 10.8. The first-order valence-corrected chi connectivity index (χ1v) is 8.74. The van der Waals surface area contributed by atoms with Crippen molar-refractivity contribution in [1.82, 2.24) is 10.2 Å². The third-order valence-corrected chi connectivity index (χ3v) is 4.60. The Bertz CT molecular complexity index is 751. The summed E-state index contributed by atoms with van der Waals surface area (Å²) in [6.07, 6.45) is 0. The van der Waals surface area contributed by atoms with Crippen molar-refractivity contribution in [3.63, 3.8) is 0 Å². The first-order valence-electron chi connectivity index (χ1n) is 8.74. The van der Waals surface area contributed by atoms with Crippen LogP contribution in [0, 0.1) is 0 Å². The van der Waals surface area contributed by atoms with E-state index >= 15 is 0 Å². The topological polar surface area (TPSA) is 62.8 Å². The van der Waals surface area contributed by atoms with Gasteiger partial charge >= 0.3 is 0 Å². The molecular formula is C20H25N3O3. The van der Waals surface area contributed by atoms with Gasteiger partial charge in [0.05, 0.1) is 32.5 Å². The SMILES string of the molecule is COc1ccccc1NCC(=O)N1CCNCC1c1ccccc1OC. The number of carbonyl (C=O) groups is 1. The van der Waals surface area contributed by atoms with Gasteiger partial charge in [-0.15, -0.1) is 0 Å². The minimum atomic E-state index is -0.0492. The summed E-state index contributed by atoms with van der Waals surface area (Å²) in [7, 11) is 3.28. The first-order chi connectivity index (χ1) is 12.7. The van der Waals surface area contributed by atoms with Crippen LogP contribution in [0.4, 0.5) is 5.69 Å². The van der Waals surface area contributed by atoms with Crippen molar-refractivity contribution in [2.75, 3.05) is 45.7 Å². The summed E-state index contributed by atoms with van der Waals surface area (Å²) in [6.45, 7) is 2.37. The summed E-state index contributed by atoms with van der Waals surface area (Å²) >= 11 is 0. The van der Waals surface area contributed by atoms with Crippen LogP contribution < -0.4 is 20.1 Å². The van der Waals surface area contributed by atoms with Crippen LogP contribution in [-0.4, -0.2) is 51.2 Å². The third-order valence-electron chi connectivity index (χ3n) is 4.60. The van der Waals surface area contributed by atoms with Gasteiger partial charge in [0.2, 0.25) is 5.91 Å². The van der Waals surface area contributed by atoms with E-state index in [4.69, 9.17) is 9.47 Å². The first kappa shape index (κ1) is 18.1. The monoisotopic (exact) mass is 355 g/mol. The molecule has 1 heterocycles. The largest absolute Gasteiger partial charge is 0.496 e. The second kappa shape index (κ2) is 8.58. The van der Waals surface area contributed by atoms with Crippen LogP contribution in [0.2, 0.25) is 0 Å². The molecule has 2 aromatic carbocycles. The molecule has 0 radical (unpaired) electrons. The van der Waals surface area contributed by atoms with Crippen LogP contribution >= 0.6 is 0 Å². The second-order valence-electron chi connectivity index (χ2n) is 6.10. The number of carbonyl (C=O) groups excluding carboxylic acids is 1. The highest BCUT2D eigenvalue weighted by Gasteiger charge is 2.29. The zero-order chi connectivity index (χ0) is 18.4. The van der Waals surface area contributed by atoms with Crippen molar-refractivity contribution in [1.29, 1.82) is 0 Å². The molecule has 2 aromatic rings. The molecule has 1 amide bonds. The summed E-state index contributed by atoms with van der Waals surface area (Å²) in [5.74, 6) is 1.58. The van der Waals surface area contributed by atoms with Gasteiger partial charge in [-0.25, -0.2) is 0 Å². The van der Waals surface area contributed by atoms with E-state index in [9.17, 15) is 4.79 Å². The lowest BCUT2D eigenvalue weighted by Crippen LogP contribution is -2.50. The Morgan fingerprint density at radius 3 is 2.58 bits per heavy atom. The molecule has 0 aromatic heterocycles. The fourth-order valence-electron chi connectivity index (χ4n) is 3.29. The summed E-state index contributed by atoms with van der Waals surface area (Å²) in [5, 5.41) is 6.57. The molecule has 1 aliphatic rings. The maximum absolute atomic E-state index is 12.9. The Morgan fingerprint density at radius 2 is 1.81 bits per heavy atom. The number of anilines is 1. The number of nitrogens with zero attached hydrogens (tertiary/aromatic N) is 1. The number of benzene rings is 2. The quantitative estimate of drug-likeness (QED) is 0.832. The molecule has 0 saturated carbocycles. The molecule has 138 valence electrons. The number of hydrogen-bond donors (Lipinski definition) is 2. The molecule has 0 spiro atoms. The third kappa shape index (κ3) is 3.91. The Kier molecular flexibility index (Phi) is 5.96. The lowest BCUT2D eigenvalue weighted by molar-refractivity contribution is -0.132. The summed E-state index contributed by atoms with van der Waals surface area (Å²) in [5.41, 5.74) is 1.83. The summed E-state index contributed by atoms with van der Waals surface area (Å²) in [6, 6.07) is 15.4. The normalized spacial score (nSPS) is 16.8. The minimum absolute atomic E-state index is 0.0492. The zero-order valence-corrected chi connectivity index (χ0v) is 15.2. The van der Waals surface area contributed by atoms with Crippen LogP contribution in [0.5, 0.6) is 11.5 Å². The molecule has 6 nitrogen and oxygen atoms in total. The smallest absolute Gasteiger partial charge is 0.242 e. The molecule has 6 heteroatoms. The second-order valence-corrected chi connectivity index (χ2v) is 6.10. The summed E-state index contributed by atoms with van der Waals surface area (Å²) in [4.78, 5) is 14.8. The van der Waals surface area contributed by atoms with Crippen molar-refractivity contribution in [2.24, 2.45) is 0 Å². The number of para-hydroxylation sites is 3. The Labute approximate surface area is 154 Å². The van der Waals surface area contributed by atoms with Crippen molar-refractivity contribution in [3.8, 4) is 11.5 Å². The Balaban J connectivity index is 1.74. The molecular weight excluding hydrogens is 330 g/mol. The van der Waals surface area contributed by atoms with E-state index < -0.39 is 0 Å². The lowest BCUT2D eigenvalue weighted by atomic mass is 10.0. The van der Waals surface area contributed by atoms with Gasteiger partial charge in [0.15, 0.2) is 0 Å². The molecule has 1 fully saturated rings. The molecule has 0 bridgehead atoms. The number of hydrogen-bond acceptors (Lipinski definition) is 5. The number of methoxy groups -OCH3 is 2. The molecule has 2 N–H and O–H groups in total. The van der Waals surface area contributed by atoms with Crippen molar-refractivity contribution < 1.29 is 14.3 Å². The maximum atomic E-state index is 12.9. The standard InChI is InChI=1S/C20H25N3O3/c1-25-18-9-5-3-7-15(18)17-13-21-11-12-23(17)20(24)14-22-16-8-4-6-10-19(16)26-2/h3-10,17,21-22H,11-14H2,1-2H3. The van der Waals surface area contributed by atoms with Gasteiger partial charge in [-0.1, -0.05) is 30.3 Å². The Hall–Kier alpha value is -2.73. The Morgan fingerprint density at radius 1 is 1.12 bits per heavy atom. The van der Waals surface area contributed by atoms with E-state index in [1.165, 1.54) is 0 Å². The van der Waals surface area contributed by atoms with Crippen LogP contribution in [0.3, 0.4) is 0 Å². The van der Waals surface area contributed by atoms with Crippen LogP contribution in [-0.2, 0) is 4.79 Å². The molecule has 0 aliphatic carbocycles. The lowest BCUT2D eigenvalue weighted by Gasteiger charge is -2.37. The number of nitrogens with one attached hydrogen (secondary N) is 2. The van der Waals surface area contributed by atoms with Gasteiger partial charge < -0.3 is 25.0 Å². The molecule has 1 unspecified atom stereocenters. The van der Waals surface area contributed by atoms with E-state index in [0.717, 1.165) is 29.3 Å². The van der Waals surface area contributed by atoms with Gasteiger partial charge in [0, 0.05) is 25.2 Å². The molecule has 1 aliphatic heterocycles. The molecule has 3 rings (SSSR count). The van der Waals surface area contributed by atoms with E-state index in [1.54, 1.807) is 14.2 Å². The van der Waals surface area contributed by atoms with Crippen LogP contribution in [0.25, 0.3) is 0 Å².